The van der Waals surface area contributed by atoms with Crippen LogP contribution in [0.15, 0.2) is 34.6 Å². The van der Waals surface area contributed by atoms with E-state index < -0.39 is 11.9 Å². The molecule has 2 rings (SSSR count). The van der Waals surface area contributed by atoms with Gasteiger partial charge < -0.3 is 5.11 Å². The molecule has 0 saturated heterocycles. The SMILES string of the molecule is CCC1=C[N]C(=NC(=O)c2ccncc2C(=O)O)S1. The van der Waals surface area contributed by atoms with Crippen molar-refractivity contribution in [2.75, 3.05) is 0 Å². The Hall–Kier alpha value is -2.15. The van der Waals surface area contributed by atoms with Gasteiger partial charge in [0.25, 0.3) is 5.91 Å². The molecule has 7 heteroatoms. The van der Waals surface area contributed by atoms with Gasteiger partial charge in [0.15, 0.2) is 5.17 Å². The lowest BCUT2D eigenvalue weighted by molar-refractivity contribution is 0.0691. The average molecular weight is 276 g/mol. The molecule has 0 unspecified atom stereocenters. The number of amidine groups is 1. The molecule has 1 amide bonds. The molecule has 0 atom stereocenters. The number of carbonyl (C=O) groups is 2. The van der Waals surface area contributed by atoms with Crippen LogP contribution in [0.3, 0.4) is 0 Å². The highest BCUT2D eigenvalue weighted by Crippen LogP contribution is 2.25. The summed E-state index contributed by atoms with van der Waals surface area (Å²) in [6.45, 7) is 1.98. The number of aromatic nitrogens is 1. The normalized spacial score (nSPS) is 16.1. The van der Waals surface area contributed by atoms with Crippen molar-refractivity contribution in [3.63, 3.8) is 0 Å². The lowest BCUT2D eigenvalue weighted by atomic mass is 10.1. The summed E-state index contributed by atoms with van der Waals surface area (Å²) in [6, 6.07) is 1.34. The largest absolute Gasteiger partial charge is 0.478 e. The number of aromatic carboxylic acids is 1. The summed E-state index contributed by atoms with van der Waals surface area (Å²) in [4.78, 5) is 31.4. The van der Waals surface area contributed by atoms with Crippen molar-refractivity contribution in [2.24, 2.45) is 4.99 Å². The molecular formula is C12H10N3O3S. The number of amides is 1. The lowest BCUT2D eigenvalue weighted by Crippen LogP contribution is -2.10. The molecule has 1 aliphatic heterocycles. The third kappa shape index (κ3) is 3.00. The summed E-state index contributed by atoms with van der Waals surface area (Å²) in [5.74, 6) is -1.84. The van der Waals surface area contributed by atoms with Crippen LogP contribution in [0.2, 0.25) is 0 Å². The van der Waals surface area contributed by atoms with Crippen molar-refractivity contribution in [3.05, 3.63) is 40.7 Å². The molecule has 97 valence electrons. The average Bonchev–Trinajstić information content (AvgIpc) is 2.86. The monoisotopic (exact) mass is 276 g/mol. The standard InChI is InChI=1S/C12H10N3O3S/c1-2-7-5-14-12(19-7)15-10(16)8-3-4-13-6-9(8)11(17)18/h3-6H,2H2,1H3,(H,17,18). The second-order valence-corrected chi connectivity index (χ2v) is 4.70. The maximum atomic E-state index is 11.9. The van der Waals surface area contributed by atoms with Gasteiger partial charge in [-0.15, -0.1) is 0 Å². The Labute approximate surface area is 113 Å². The first kappa shape index (κ1) is 13.3. The number of carboxylic acid groups (broad SMARTS) is 1. The van der Waals surface area contributed by atoms with Gasteiger partial charge in [0.2, 0.25) is 0 Å². The van der Waals surface area contributed by atoms with E-state index >= 15 is 0 Å². The van der Waals surface area contributed by atoms with E-state index in [9.17, 15) is 9.59 Å². The van der Waals surface area contributed by atoms with E-state index in [4.69, 9.17) is 5.11 Å². The first-order valence-corrected chi connectivity index (χ1v) is 6.31. The number of hydrogen-bond donors (Lipinski definition) is 1. The van der Waals surface area contributed by atoms with Crippen molar-refractivity contribution in [2.45, 2.75) is 13.3 Å². The second-order valence-electron chi connectivity index (χ2n) is 3.61. The summed E-state index contributed by atoms with van der Waals surface area (Å²) in [5.41, 5.74) is -0.153. The van der Waals surface area contributed by atoms with Crippen molar-refractivity contribution < 1.29 is 14.7 Å². The van der Waals surface area contributed by atoms with Gasteiger partial charge in [-0.3, -0.25) is 9.78 Å². The Morgan fingerprint density at radius 3 is 2.84 bits per heavy atom. The molecule has 6 nitrogen and oxygen atoms in total. The van der Waals surface area contributed by atoms with Gasteiger partial charge in [0, 0.05) is 23.5 Å². The van der Waals surface area contributed by atoms with Gasteiger partial charge in [0.05, 0.1) is 11.1 Å². The number of hydrogen-bond acceptors (Lipinski definition) is 4. The molecule has 1 N–H and O–H groups in total. The fraction of sp³-hybridized carbons (Fsp3) is 0.167. The maximum absolute atomic E-state index is 11.9. The van der Waals surface area contributed by atoms with Gasteiger partial charge in [-0.05, 0) is 12.5 Å². The van der Waals surface area contributed by atoms with E-state index in [1.807, 2.05) is 6.92 Å². The van der Waals surface area contributed by atoms with Crippen molar-refractivity contribution >= 4 is 28.8 Å². The zero-order chi connectivity index (χ0) is 13.8. The summed E-state index contributed by atoms with van der Waals surface area (Å²) >= 11 is 1.31. The highest BCUT2D eigenvalue weighted by atomic mass is 32.2. The minimum Gasteiger partial charge on any atom is -0.478 e. The van der Waals surface area contributed by atoms with E-state index in [0.717, 1.165) is 17.5 Å². The Morgan fingerprint density at radius 1 is 1.42 bits per heavy atom. The van der Waals surface area contributed by atoms with E-state index in [1.165, 1.54) is 24.0 Å². The first-order chi connectivity index (χ1) is 9.11. The molecule has 1 aliphatic rings. The van der Waals surface area contributed by atoms with Crippen LogP contribution in [0.1, 0.15) is 34.1 Å². The van der Waals surface area contributed by atoms with Crippen molar-refractivity contribution in [3.8, 4) is 0 Å². The fourth-order valence-electron chi connectivity index (χ4n) is 1.41. The van der Waals surface area contributed by atoms with Crippen LogP contribution >= 0.6 is 11.8 Å². The van der Waals surface area contributed by atoms with Crippen LogP contribution in [-0.4, -0.2) is 27.1 Å². The number of allylic oxidation sites excluding steroid dienone is 1. The van der Waals surface area contributed by atoms with Crippen LogP contribution in [0.5, 0.6) is 0 Å². The molecule has 0 aliphatic carbocycles. The number of carbonyl (C=O) groups excluding carboxylic acids is 1. The molecule has 0 bridgehead atoms. The molecule has 1 aromatic rings. The number of aliphatic imine (C=N–C) groups is 1. The zero-order valence-corrected chi connectivity index (χ0v) is 10.8. The third-order valence-electron chi connectivity index (χ3n) is 2.37. The summed E-state index contributed by atoms with van der Waals surface area (Å²) in [6.07, 6.45) is 4.96. The van der Waals surface area contributed by atoms with Crippen molar-refractivity contribution in [1.82, 2.24) is 10.3 Å². The predicted molar refractivity (Wildman–Crippen MR) is 71.1 cm³/mol. The Kier molecular flexibility index (Phi) is 3.96. The zero-order valence-electron chi connectivity index (χ0n) is 10.0. The van der Waals surface area contributed by atoms with Crippen LogP contribution in [0.4, 0.5) is 0 Å². The molecule has 0 aromatic carbocycles. The number of thioether (sulfide) groups is 1. The third-order valence-corrected chi connectivity index (χ3v) is 3.40. The van der Waals surface area contributed by atoms with E-state index in [1.54, 1.807) is 6.20 Å². The van der Waals surface area contributed by atoms with E-state index in [0.29, 0.717) is 5.17 Å². The summed E-state index contributed by atoms with van der Waals surface area (Å²) in [7, 11) is 0. The predicted octanol–water partition coefficient (Wildman–Crippen LogP) is 1.88. The van der Waals surface area contributed by atoms with E-state index in [2.05, 4.69) is 15.3 Å². The first-order valence-electron chi connectivity index (χ1n) is 5.50. The van der Waals surface area contributed by atoms with Crippen LogP contribution in [0, 0.1) is 0 Å². The minimum absolute atomic E-state index is 0.00995. The van der Waals surface area contributed by atoms with E-state index in [-0.39, 0.29) is 11.1 Å². The van der Waals surface area contributed by atoms with Crippen LogP contribution in [-0.2, 0) is 0 Å². The quantitative estimate of drug-likeness (QED) is 0.909. The molecule has 2 heterocycles. The number of nitrogens with zero attached hydrogens (tertiary/aromatic N) is 3. The van der Waals surface area contributed by atoms with Crippen molar-refractivity contribution in [1.29, 1.82) is 0 Å². The highest BCUT2D eigenvalue weighted by Gasteiger charge is 2.19. The Morgan fingerprint density at radius 2 is 2.21 bits per heavy atom. The number of pyridine rings is 1. The Bertz CT molecular complexity index is 596. The molecule has 0 fully saturated rings. The molecule has 1 radical (unpaired) electrons. The molecule has 19 heavy (non-hydrogen) atoms. The topological polar surface area (TPSA) is 93.7 Å². The van der Waals surface area contributed by atoms with Gasteiger partial charge in [0.1, 0.15) is 0 Å². The van der Waals surface area contributed by atoms with Crippen LogP contribution < -0.4 is 5.32 Å². The number of rotatable bonds is 3. The van der Waals surface area contributed by atoms with Gasteiger partial charge in [-0.2, -0.15) is 4.99 Å². The van der Waals surface area contributed by atoms with Gasteiger partial charge in [-0.1, -0.05) is 18.7 Å². The highest BCUT2D eigenvalue weighted by molar-refractivity contribution is 8.17. The lowest BCUT2D eigenvalue weighted by Gasteiger charge is -2.01. The van der Waals surface area contributed by atoms with Gasteiger partial charge in [-0.25, -0.2) is 10.1 Å². The fourth-order valence-corrected chi connectivity index (χ4v) is 2.13. The second kappa shape index (κ2) is 5.66. The maximum Gasteiger partial charge on any atom is 0.338 e. The summed E-state index contributed by atoms with van der Waals surface area (Å²) in [5, 5.41) is 13.3. The van der Waals surface area contributed by atoms with Crippen LogP contribution in [0.25, 0.3) is 0 Å². The molecular weight excluding hydrogens is 266 g/mol. The smallest absolute Gasteiger partial charge is 0.338 e. The molecule has 1 aromatic heterocycles. The molecule has 0 spiro atoms. The van der Waals surface area contributed by atoms with Gasteiger partial charge >= 0.3 is 5.97 Å². The Balaban J connectivity index is 2.22. The summed E-state index contributed by atoms with van der Waals surface area (Å²) < 4.78 is 0. The number of carboxylic acids is 1. The minimum atomic E-state index is -1.21. The molecule has 0 saturated carbocycles.